The molecule has 2 atom stereocenters. The summed E-state index contributed by atoms with van der Waals surface area (Å²) in [4.78, 5) is 13.8. The maximum atomic E-state index is 14.3. The van der Waals surface area contributed by atoms with Crippen molar-refractivity contribution in [3.8, 4) is 17.2 Å². The minimum absolute atomic E-state index is 0.0348. The molecule has 2 aromatic carbocycles. The van der Waals surface area contributed by atoms with Gasteiger partial charge in [-0.25, -0.2) is 0 Å². The maximum Gasteiger partial charge on any atom is 0.413 e. The molecule has 1 amide bonds. The molecule has 0 unspecified atom stereocenters. The number of rotatable bonds is 7. The van der Waals surface area contributed by atoms with E-state index in [2.05, 4.69) is 0 Å². The molecular weight excluding hydrogens is 403 g/mol. The van der Waals surface area contributed by atoms with Gasteiger partial charge in [-0.05, 0) is 41.9 Å². The summed E-state index contributed by atoms with van der Waals surface area (Å²) < 4.78 is 42.9. The molecule has 2 aromatic rings. The first-order valence-corrected chi connectivity index (χ1v) is 10.3. The van der Waals surface area contributed by atoms with E-state index in [4.69, 9.17) is 5.73 Å². The van der Waals surface area contributed by atoms with Crippen molar-refractivity contribution in [3.63, 3.8) is 0 Å². The van der Waals surface area contributed by atoms with Crippen LogP contribution in [0, 0.1) is 17.2 Å². The zero-order chi connectivity index (χ0) is 22.8. The van der Waals surface area contributed by atoms with Crippen molar-refractivity contribution in [3.05, 3.63) is 60.2 Å². The quantitative estimate of drug-likeness (QED) is 0.656. The van der Waals surface area contributed by atoms with Crippen molar-refractivity contribution >= 4 is 5.91 Å². The van der Waals surface area contributed by atoms with Gasteiger partial charge < -0.3 is 10.6 Å². The Labute approximate surface area is 180 Å². The lowest BCUT2D eigenvalue weighted by atomic mass is 9.96. The second-order valence-corrected chi connectivity index (χ2v) is 8.52. The van der Waals surface area contributed by atoms with Gasteiger partial charge in [0.05, 0.1) is 12.1 Å². The number of hydrogen-bond acceptors (Lipinski definition) is 3. The second kappa shape index (κ2) is 8.72. The molecule has 0 radical (unpaired) electrons. The van der Waals surface area contributed by atoms with Crippen molar-refractivity contribution < 1.29 is 18.0 Å². The predicted octanol–water partition coefficient (Wildman–Crippen LogP) is 5.22. The van der Waals surface area contributed by atoms with E-state index >= 15 is 0 Å². The molecule has 0 aliphatic heterocycles. The minimum atomic E-state index is -4.76. The molecule has 4 nitrogen and oxygen atoms in total. The van der Waals surface area contributed by atoms with Gasteiger partial charge in [0.25, 0.3) is 0 Å². The highest BCUT2D eigenvalue weighted by Crippen LogP contribution is 2.50. The van der Waals surface area contributed by atoms with Gasteiger partial charge in [-0.3, -0.25) is 4.79 Å². The number of carbonyl (C=O) groups excluding carboxylic acids is 1. The normalized spacial score (nSPS) is 17.0. The van der Waals surface area contributed by atoms with Gasteiger partial charge in [0, 0.05) is 0 Å². The van der Waals surface area contributed by atoms with Crippen molar-refractivity contribution in [2.45, 2.75) is 56.9 Å². The van der Waals surface area contributed by atoms with Crippen LogP contribution >= 0.6 is 0 Å². The zero-order valence-electron chi connectivity index (χ0n) is 17.6. The number of carbonyl (C=O) groups is 1. The topological polar surface area (TPSA) is 70.1 Å². The molecule has 164 valence electrons. The van der Waals surface area contributed by atoms with Crippen LogP contribution in [0.3, 0.4) is 0 Å². The smallest absolute Gasteiger partial charge is 0.320 e. The number of hydrogen-bond donors (Lipinski definition) is 1. The summed E-state index contributed by atoms with van der Waals surface area (Å²) in [7, 11) is 0. The highest BCUT2D eigenvalue weighted by molar-refractivity contribution is 5.84. The van der Waals surface area contributed by atoms with E-state index in [1.54, 1.807) is 12.1 Å². The standard InChI is InChI=1S/C24H26F3N3O/c1-16(2)14-20(29)22(31)30(23(15-28)12-13-23)21(24(25,26)27)19-10-8-18(9-11-19)17-6-4-3-5-7-17/h3-11,16,20-21H,12-14,29H2,1-2H3/t20-,21-/m0/s1. The monoisotopic (exact) mass is 429 g/mol. The van der Waals surface area contributed by atoms with E-state index in [0.29, 0.717) is 4.90 Å². The molecule has 1 aliphatic rings. The molecule has 0 bridgehead atoms. The average Bonchev–Trinajstić information content (AvgIpc) is 3.52. The van der Waals surface area contributed by atoms with Crippen LogP contribution in [0.4, 0.5) is 13.2 Å². The molecule has 1 aliphatic carbocycles. The molecule has 31 heavy (non-hydrogen) atoms. The van der Waals surface area contributed by atoms with Crippen LogP contribution in [0.15, 0.2) is 54.6 Å². The molecule has 3 rings (SSSR count). The lowest BCUT2D eigenvalue weighted by Crippen LogP contribution is -2.54. The van der Waals surface area contributed by atoms with Crippen LogP contribution in [-0.4, -0.2) is 28.6 Å². The number of nitrogens with zero attached hydrogens (tertiary/aromatic N) is 2. The number of nitriles is 1. The van der Waals surface area contributed by atoms with Crippen LogP contribution in [0.2, 0.25) is 0 Å². The van der Waals surface area contributed by atoms with E-state index in [1.807, 2.05) is 50.2 Å². The first kappa shape index (κ1) is 22.8. The van der Waals surface area contributed by atoms with Crippen molar-refractivity contribution in [1.82, 2.24) is 4.90 Å². The largest absolute Gasteiger partial charge is 0.413 e. The van der Waals surface area contributed by atoms with E-state index in [0.717, 1.165) is 11.1 Å². The molecule has 0 heterocycles. The molecule has 1 saturated carbocycles. The lowest BCUT2D eigenvalue weighted by Gasteiger charge is -2.38. The van der Waals surface area contributed by atoms with E-state index < -0.39 is 29.7 Å². The average molecular weight is 429 g/mol. The summed E-state index contributed by atoms with van der Waals surface area (Å²) in [6.45, 7) is 3.69. The van der Waals surface area contributed by atoms with Gasteiger partial charge in [0.1, 0.15) is 5.54 Å². The van der Waals surface area contributed by atoms with Crippen molar-refractivity contribution in [1.29, 1.82) is 5.26 Å². The molecule has 0 saturated heterocycles. The number of halogens is 3. The molecule has 2 N–H and O–H groups in total. The van der Waals surface area contributed by atoms with Crippen LogP contribution in [0.1, 0.15) is 44.7 Å². The Bertz CT molecular complexity index is 945. The minimum Gasteiger partial charge on any atom is -0.320 e. The zero-order valence-corrected chi connectivity index (χ0v) is 17.6. The van der Waals surface area contributed by atoms with Gasteiger partial charge in [-0.15, -0.1) is 0 Å². The van der Waals surface area contributed by atoms with Crippen LogP contribution < -0.4 is 5.73 Å². The highest BCUT2D eigenvalue weighted by atomic mass is 19.4. The van der Waals surface area contributed by atoms with Crippen molar-refractivity contribution in [2.75, 3.05) is 0 Å². The Morgan fingerprint density at radius 1 is 1.10 bits per heavy atom. The van der Waals surface area contributed by atoms with Gasteiger partial charge in [0.15, 0.2) is 6.04 Å². The summed E-state index contributed by atoms with van der Waals surface area (Å²) in [5, 5.41) is 9.64. The van der Waals surface area contributed by atoms with E-state index in [-0.39, 0.29) is 30.7 Å². The fourth-order valence-electron chi connectivity index (χ4n) is 3.87. The third-order valence-electron chi connectivity index (χ3n) is 5.57. The second-order valence-electron chi connectivity index (χ2n) is 8.52. The molecule has 0 spiro atoms. The number of nitrogens with two attached hydrogens (primary N) is 1. The third kappa shape index (κ3) is 4.91. The highest BCUT2D eigenvalue weighted by Gasteiger charge is 2.60. The summed E-state index contributed by atoms with van der Waals surface area (Å²) in [5.74, 6) is -0.797. The fraction of sp³-hybridized carbons (Fsp3) is 0.417. The Balaban J connectivity index is 2.03. The molecule has 0 aromatic heterocycles. The van der Waals surface area contributed by atoms with Crippen LogP contribution in [0.5, 0.6) is 0 Å². The van der Waals surface area contributed by atoms with E-state index in [1.165, 1.54) is 12.1 Å². The Morgan fingerprint density at radius 2 is 1.65 bits per heavy atom. The molecule has 1 fully saturated rings. The summed E-state index contributed by atoms with van der Waals surface area (Å²) in [6, 6.07) is 13.9. The first-order valence-electron chi connectivity index (χ1n) is 10.3. The van der Waals surface area contributed by atoms with E-state index in [9.17, 15) is 23.2 Å². The number of alkyl halides is 3. The van der Waals surface area contributed by atoms with Gasteiger partial charge in [-0.1, -0.05) is 68.4 Å². The Hall–Kier alpha value is -2.85. The number of amides is 1. The lowest BCUT2D eigenvalue weighted by molar-refractivity contribution is -0.197. The maximum absolute atomic E-state index is 14.3. The third-order valence-corrected chi connectivity index (χ3v) is 5.57. The van der Waals surface area contributed by atoms with Crippen molar-refractivity contribution in [2.24, 2.45) is 11.7 Å². The summed E-state index contributed by atoms with van der Waals surface area (Å²) >= 11 is 0. The van der Waals surface area contributed by atoms with Crippen LogP contribution in [0.25, 0.3) is 11.1 Å². The summed E-state index contributed by atoms with van der Waals surface area (Å²) in [6.07, 6.45) is -4.10. The molecule has 7 heteroatoms. The Morgan fingerprint density at radius 3 is 2.10 bits per heavy atom. The fourth-order valence-corrected chi connectivity index (χ4v) is 3.87. The first-order chi connectivity index (χ1) is 14.6. The van der Waals surface area contributed by atoms with Crippen LogP contribution in [-0.2, 0) is 4.79 Å². The summed E-state index contributed by atoms with van der Waals surface area (Å²) in [5.41, 5.74) is 6.08. The van der Waals surface area contributed by atoms with Gasteiger partial charge in [0.2, 0.25) is 5.91 Å². The Kier molecular flexibility index (Phi) is 6.42. The van der Waals surface area contributed by atoms with Gasteiger partial charge in [-0.2, -0.15) is 18.4 Å². The SMILES string of the molecule is CC(C)C[C@H](N)C(=O)N([C@@H](c1ccc(-c2ccccc2)cc1)C(F)(F)F)C1(C#N)CC1. The molecular formula is C24H26F3N3O. The predicted molar refractivity (Wildman–Crippen MR) is 113 cm³/mol. The number of benzene rings is 2. The van der Waals surface area contributed by atoms with Gasteiger partial charge >= 0.3 is 6.18 Å².